The van der Waals surface area contributed by atoms with Gasteiger partial charge in [-0.2, -0.15) is 0 Å². The number of cyclic esters (lactones) is 2. The van der Waals surface area contributed by atoms with Crippen LogP contribution in [0, 0.1) is 11.8 Å². The minimum Gasteiger partial charge on any atom is -0.505 e. The first-order valence-electron chi connectivity index (χ1n) is 27.7. The van der Waals surface area contributed by atoms with Crippen molar-refractivity contribution >= 4 is 86.7 Å². The molecule has 2 bridgehead atoms. The van der Waals surface area contributed by atoms with E-state index in [2.05, 4.69) is 31.2 Å². The van der Waals surface area contributed by atoms with Crippen LogP contribution in [0.4, 0.5) is 5.69 Å². The largest absolute Gasteiger partial charge is 0.505 e. The number of fused-ring (bicyclic) bond motifs is 6. The van der Waals surface area contributed by atoms with E-state index >= 15 is 9.59 Å². The van der Waals surface area contributed by atoms with E-state index in [1.807, 2.05) is 0 Å². The van der Waals surface area contributed by atoms with Gasteiger partial charge >= 0.3 is 11.9 Å². The number of nitrogen functional groups attached to an aromatic ring is 1. The standard InChI is InChI=1S/C58H71N11O13/c1-31-53(75)66(3)42-25-15-16-26-43(55(77)68(5)47(33-17-7-8-18-33)57(79)81-29-40(49(71)60-31)64-51(73)45-37(59)27-35-21-11-13-23-38(35)62-45)67(4)54(76)32(2)61-50(72)41(30-82-58(80)48(69(6)56(42)78)34-19-9-10-20-34)65-52(74)46-44(70)28-36-22-12-14-24-39(36)63-46/h11-16,21-24,27-28,31-34,40-43,47-48,70H,7-10,17-20,25-26,29-30,59H2,1-6H3,(H,60,71)(H,61,72)(H,64,73)(H,65,74)/b16-15-/t31-,32-,40+,41+,42-,43-,47-,48-/m0/s1. The average molecular weight is 1130 g/mol. The summed E-state index contributed by atoms with van der Waals surface area (Å²) in [5.74, 6) is -10.2. The normalized spacial score (nSPS) is 26.3. The Bertz CT molecular complexity index is 2970. The van der Waals surface area contributed by atoms with Crippen LogP contribution in [0.5, 0.6) is 5.75 Å². The highest BCUT2D eigenvalue weighted by atomic mass is 16.5. The molecule has 82 heavy (non-hydrogen) atoms. The van der Waals surface area contributed by atoms with Crippen molar-refractivity contribution in [2.45, 2.75) is 126 Å². The van der Waals surface area contributed by atoms with Gasteiger partial charge in [-0.3, -0.25) is 38.4 Å². The van der Waals surface area contributed by atoms with Crippen LogP contribution in [0.2, 0.25) is 0 Å². The molecule has 8 rings (SSSR count). The quantitative estimate of drug-likeness (QED) is 0.119. The van der Waals surface area contributed by atoms with Crippen LogP contribution in [0.15, 0.2) is 72.8 Å². The van der Waals surface area contributed by atoms with E-state index in [0.717, 1.165) is 22.6 Å². The first kappa shape index (κ1) is 59.4. The minimum atomic E-state index is -1.73. The van der Waals surface area contributed by atoms with Crippen molar-refractivity contribution in [3.05, 3.63) is 84.2 Å². The number of amides is 8. The van der Waals surface area contributed by atoms with Crippen molar-refractivity contribution in [2.24, 2.45) is 11.8 Å². The zero-order chi connectivity index (χ0) is 59.1. The minimum absolute atomic E-state index is 0.0179. The molecule has 2 saturated carbocycles. The maximum atomic E-state index is 15.2. The molecule has 8 amide bonds. The molecule has 4 aliphatic rings. The summed E-state index contributed by atoms with van der Waals surface area (Å²) in [7, 11) is 5.46. The maximum absolute atomic E-state index is 15.2. The smallest absolute Gasteiger partial charge is 0.329 e. The van der Waals surface area contributed by atoms with Crippen molar-refractivity contribution in [3.63, 3.8) is 0 Å². The third-order valence-electron chi connectivity index (χ3n) is 16.2. The van der Waals surface area contributed by atoms with Crippen LogP contribution < -0.4 is 27.0 Å². The number of anilines is 1. The molecule has 0 saturated heterocycles. The summed E-state index contributed by atoms with van der Waals surface area (Å²) in [6.07, 6.45) is 7.58. The number of hydrogen-bond acceptors (Lipinski definition) is 16. The topological polar surface area (TPSA) is 322 Å². The maximum Gasteiger partial charge on any atom is 0.329 e. The number of aromatic hydroxyl groups is 1. The lowest BCUT2D eigenvalue weighted by Crippen LogP contribution is -2.60. The van der Waals surface area contributed by atoms with Crippen molar-refractivity contribution in [1.82, 2.24) is 50.8 Å². The van der Waals surface area contributed by atoms with Gasteiger partial charge < -0.3 is 61.2 Å². The second kappa shape index (κ2) is 25.8. The predicted molar refractivity (Wildman–Crippen MR) is 298 cm³/mol. The molecule has 7 N–H and O–H groups in total. The molecule has 0 unspecified atom stereocenters. The molecule has 2 aromatic carbocycles. The Hall–Kier alpha value is -8.70. The second-order valence-corrected chi connectivity index (χ2v) is 21.7. The number of para-hydroxylation sites is 2. The third kappa shape index (κ3) is 13.1. The van der Waals surface area contributed by atoms with Gasteiger partial charge in [0.05, 0.1) is 16.7 Å². The van der Waals surface area contributed by atoms with Gasteiger partial charge in [0.2, 0.25) is 35.4 Å². The molecule has 24 nitrogen and oxygen atoms in total. The second-order valence-electron chi connectivity index (χ2n) is 21.7. The van der Waals surface area contributed by atoms with Crippen LogP contribution in [0.3, 0.4) is 0 Å². The first-order chi connectivity index (χ1) is 39.1. The summed E-state index contributed by atoms with van der Waals surface area (Å²) in [5.41, 5.74) is 6.37. The van der Waals surface area contributed by atoms with E-state index in [1.165, 1.54) is 57.9 Å². The van der Waals surface area contributed by atoms with Gasteiger partial charge in [0.25, 0.3) is 11.8 Å². The molecule has 2 aliphatic heterocycles. The Morgan fingerprint density at radius 2 is 0.963 bits per heavy atom. The van der Waals surface area contributed by atoms with Gasteiger partial charge in [-0.05, 0) is 88.5 Å². The van der Waals surface area contributed by atoms with E-state index in [-0.39, 0.29) is 24.2 Å². The number of esters is 2. The van der Waals surface area contributed by atoms with Gasteiger partial charge in [-0.15, -0.1) is 0 Å². The zero-order valence-corrected chi connectivity index (χ0v) is 46.8. The number of carbonyl (C=O) groups excluding carboxylic acids is 10. The highest BCUT2D eigenvalue weighted by Crippen LogP contribution is 2.34. The Morgan fingerprint density at radius 1 is 0.573 bits per heavy atom. The number of hydrogen-bond donors (Lipinski definition) is 6. The van der Waals surface area contributed by atoms with Crippen LogP contribution in [-0.2, 0) is 47.8 Å². The summed E-state index contributed by atoms with van der Waals surface area (Å²) in [6.45, 7) is 1.10. The molecule has 436 valence electrons. The van der Waals surface area contributed by atoms with Crippen molar-refractivity contribution in [2.75, 3.05) is 47.1 Å². The van der Waals surface area contributed by atoms with Gasteiger partial charge in [0, 0.05) is 39.0 Å². The Balaban J connectivity index is 1.18. The number of ether oxygens (including phenoxy) is 2. The lowest BCUT2D eigenvalue weighted by atomic mass is 9.95. The summed E-state index contributed by atoms with van der Waals surface area (Å²) in [4.78, 5) is 159. The molecule has 2 aromatic heterocycles. The zero-order valence-electron chi connectivity index (χ0n) is 46.8. The highest BCUT2D eigenvalue weighted by molar-refractivity contribution is 6.04. The lowest BCUT2D eigenvalue weighted by Gasteiger charge is -2.37. The van der Waals surface area contributed by atoms with E-state index in [1.54, 1.807) is 66.7 Å². The summed E-state index contributed by atoms with van der Waals surface area (Å²) < 4.78 is 11.8. The van der Waals surface area contributed by atoms with E-state index in [9.17, 15) is 43.5 Å². The van der Waals surface area contributed by atoms with Crippen LogP contribution in [-0.4, -0.2) is 184 Å². The van der Waals surface area contributed by atoms with Crippen LogP contribution in [0.25, 0.3) is 21.8 Å². The molecular weight excluding hydrogens is 1060 g/mol. The van der Waals surface area contributed by atoms with Crippen LogP contribution >= 0.6 is 0 Å². The highest BCUT2D eigenvalue weighted by Gasteiger charge is 2.45. The van der Waals surface area contributed by atoms with E-state index < -0.39 is 144 Å². The monoisotopic (exact) mass is 1130 g/mol. The number of nitrogens with two attached hydrogens (primary N) is 1. The van der Waals surface area contributed by atoms with Crippen LogP contribution in [0.1, 0.15) is 99.0 Å². The van der Waals surface area contributed by atoms with Gasteiger partial charge in [0.15, 0.2) is 11.4 Å². The molecule has 2 fully saturated rings. The summed E-state index contributed by atoms with van der Waals surface area (Å²) >= 11 is 0. The van der Waals surface area contributed by atoms with E-state index in [0.29, 0.717) is 60.3 Å². The summed E-state index contributed by atoms with van der Waals surface area (Å²) in [5, 5.41) is 22.4. The number of nitrogens with one attached hydrogen (secondary N) is 4. The molecule has 0 radical (unpaired) electrons. The molecule has 4 heterocycles. The summed E-state index contributed by atoms with van der Waals surface area (Å²) in [6, 6.07) is 4.92. The Kier molecular flexibility index (Phi) is 18.7. The van der Waals surface area contributed by atoms with Gasteiger partial charge in [0.1, 0.15) is 67.3 Å². The third-order valence-corrected chi connectivity index (χ3v) is 16.2. The fraction of sp³-hybridized carbons (Fsp3) is 0.483. The molecule has 4 aromatic rings. The predicted octanol–water partition coefficient (Wildman–Crippen LogP) is 2.12. The fourth-order valence-corrected chi connectivity index (χ4v) is 11.5. The molecule has 24 heteroatoms. The van der Waals surface area contributed by atoms with E-state index in [4.69, 9.17) is 15.2 Å². The number of carbonyl (C=O) groups is 10. The molecule has 0 spiro atoms. The number of pyridine rings is 2. The number of aromatic nitrogens is 2. The average Bonchev–Trinajstić information content (AvgIpc) is 4.30. The number of likely N-dealkylation sites (N-methyl/N-ethyl adjacent to an activating group) is 4. The van der Waals surface area contributed by atoms with Crippen molar-refractivity contribution < 1.29 is 62.5 Å². The fourth-order valence-electron chi connectivity index (χ4n) is 11.5. The molecule has 2 aliphatic carbocycles. The number of benzene rings is 2. The van der Waals surface area contributed by atoms with Crippen molar-refractivity contribution in [1.29, 1.82) is 0 Å². The van der Waals surface area contributed by atoms with Gasteiger partial charge in [-0.25, -0.2) is 19.6 Å². The molecule has 8 atom stereocenters. The number of nitrogens with zero attached hydrogens (tertiary/aromatic N) is 6. The Morgan fingerprint density at radius 3 is 1.40 bits per heavy atom. The van der Waals surface area contributed by atoms with Gasteiger partial charge in [-0.1, -0.05) is 74.2 Å². The first-order valence-corrected chi connectivity index (χ1v) is 27.7. The SMILES string of the molecule is C[C@@H]1NC(=O)[C@H](NC(=O)c2nc3ccccc3cc2N)COC(=O)[C@H](C2CCCC2)N(C)C(=O)[C@@H]2C/C=C\C[C@@H](C(=O)N(C)[C@@H](C3CCCC3)C(=O)OC[C@@H](NC(=O)c3nc4ccccc4cc3O)C(=O)N[C@@H](C)C(=O)N2C)N(C)C1=O. The molecular formula is C58H71N11O13. The van der Waals surface area contributed by atoms with Crippen molar-refractivity contribution in [3.8, 4) is 5.75 Å². The lowest BCUT2D eigenvalue weighted by molar-refractivity contribution is -0.161. The Labute approximate surface area is 473 Å². The number of rotatable bonds is 6.